The van der Waals surface area contributed by atoms with Gasteiger partial charge in [-0.15, -0.1) is 10.2 Å². The number of carbonyl (C=O) groups is 1. The number of rotatable bonds is 29. The van der Waals surface area contributed by atoms with Crippen molar-refractivity contribution >= 4 is 5.97 Å². The summed E-state index contributed by atoms with van der Waals surface area (Å²) in [7, 11) is 3.35. The van der Waals surface area contributed by atoms with Gasteiger partial charge in [-0.1, -0.05) is 37.6 Å². The van der Waals surface area contributed by atoms with Gasteiger partial charge < -0.3 is 33.5 Å². The molecule has 0 bridgehead atoms. The first kappa shape index (κ1) is 38.7. The summed E-state index contributed by atoms with van der Waals surface area (Å²) in [5.41, 5.74) is 1.12. The quantitative estimate of drug-likeness (QED) is 0.129. The largest absolute Gasteiger partial charge is 0.481 e. The number of methoxy groups -OCH3 is 2. The molecule has 1 atom stereocenters. The Morgan fingerprint density at radius 3 is 1.84 bits per heavy atom. The zero-order chi connectivity index (χ0) is 32.8. The lowest BCUT2D eigenvalue weighted by Gasteiger charge is -2.35. The molecule has 0 aromatic carbocycles. The minimum absolute atomic E-state index is 0.126. The monoisotopic (exact) mass is 640 g/mol. The lowest BCUT2D eigenvalue weighted by molar-refractivity contribution is -0.137. The molecule has 258 valence electrons. The molecular formula is C31H56N6O8. The van der Waals surface area contributed by atoms with Gasteiger partial charge in [-0.25, -0.2) is 4.68 Å². The molecule has 0 saturated heterocycles. The molecule has 0 amide bonds. The molecule has 2 aromatic rings. The van der Waals surface area contributed by atoms with Crippen molar-refractivity contribution in [1.82, 2.24) is 30.0 Å². The second-order valence-electron chi connectivity index (χ2n) is 11.7. The van der Waals surface area contributed by atoms with Gasteiger partial charge in [-0.3, -0.25) is 9.48 Å². The molecule has 0 aliphatic heterocycles. The van der Waals surface area contributed by atoms with Crippen LogP contribution in [0.3, 0.4) is 0 Å². The molecule has 45 heavy (non-hydrogen) atoms. The number of unbranched alkanes of at least 4 members (excludes halogenated alkanes) is 2. The number of nitrogens with zero attached hydrogens (tertiary/aromatic N) is 6. The predicted molar refractivity (Wildman–Crippen MR) is 167 cm³/mol. The molecule has 2 heterocycles. The van der Waals surface area contributed by atoms with Gasteiger partial charge in [0.2, 0.25) is 0 Å². The van der Waals surface area contributed by atoms with E-state index in [2.05, 4.69) is 41.4 Å². The molecule has 14 nitrogen and oxygen atoms in total. The van der Waals surface area contributed by atoms with Gasteiger partial charge in [0, 0.05) is 38.0 Å². The Morgan fingerprint density at radius 1 is 0.689 bits per heavy atom. The van der Waals surface area contributed by atoms with Crippen molar-refractivity contribution in [3.05, 3.63) is 23.8 Å². The molecule has 0 saturated carbocycles. The summed E-state index contributed by atoms with van der Waals surface area (Å²) in [4.78, 5) is 10.6. The first-order valence-electron chi connectivity index (χ1n) is 16.1. The third kappa shape index (κ3) is 15.1. The molecule has 1 N–H and O–H groups in total. The predicted octanol–water partition coefficient (Wildman–Crippen LogP) is 3.78. The van der Waals surface area contributed by atoms with Crippen molar-refractivity contribution in [1.29, 1.82) is 0 Å². The van der Waals surface area contributed by atoms with Gasteiger partial charge in [0.25, 0.3) is 0 Å². The first-order chi connectivity index (χ1) is 21.8. The normalized spacial score (nSPS) is 13.4. The van der Waals surface area contributed by atoms with Crippen molar-refractivity contribution in [3.8, 4) is 0 Å². The fourth-order valence-electron chi connectivity index (χ4n) is 4.82. The number of carboxylic acids is 1. The maximum absolute atomic E-state index is 10.6. The molecule has 0 aliphatic rings. The van der Waals surface area contributed by atoms with Crippen LogP contribution in [0.2, 0.25) is 0 Å². The summed E-state index contributed by atoms with van der Waals surface area (Å²) < 4.78 is 38.3. The lowest BCUT2D eigenvalue weighted by Crippen LogP contribution is -2.39. The first-order valence-corrected chi connectivity index (χ1v) is 16.1. The fraction of sp³-hybridized carbons (Fsp3) is 0.839. The second-order valence-corrected chi connectivity index (χ2v) is 11.7. The van der Waals surface area contributed by atoms with Crippen molar-refractivity contribution in [2.45, 2.75) is 92.0 Å². The Morgan fingerprint density at radius 2 is 1.27 bits per heavy atom. The number of ether oxygens (including phenoxy) is 6. The Hall–Kier alpha value is -2.49. The third-order valence-electron chi connectivity index (χ3n) is 8.18. The molecule has 2 rings (SSSR count). The number of carboxylic acid groups (broad SMARTS) is 1. The minimum Gasteiger partial charge on any atom is -0.481 e. The topological polar surface area (TPSA) is 154 Å². The van der Waals surface area contributed by atoms with Crippen LogP contribution in [0.5, 0.6) is 0 Å². The number of aromatic nitrogens is 6. The Labute approximate surface area is 268 Å². The summed E-state index contributed by atoms with van der Waals surface area (Å²) >= 11 is 0. The molecule has 2 aromatic heterocycles. The van der Waals surface area contributed by atoms with Gasteiger partial charge in [0.15, 0.2) is 0 Å². The number of aryl methyl sites for hydroxylation is 1. The van der Waals surface area contributed by atoms with Gasteiger partial charge >= 0.3 is 5.97 Å². The highest BCUT2D eigenvalue weighted by Gasteiger charge is 2.33. The highest BCUT2D eigenvalue weighted by molar-refractivity contribution is 5.66. The molecule has 0 aliphatic carbocycles. The summed E-state index contributed by atoms with van der Waals surface area (Å²) in [6.07, 6.45) is 9.03. The third-order valence-corrected chi connectivity index (χ3v) is 8.18. The van der Waals surface area contributed by atoms with E-state index in [4.69, 9.17) is 33.5 Å². The molecule has 0 spiro atoms. The van der Waals surface area contributed by atoms with Gasteiger partial charge in [-0.2, -0.15) is 0 Å². The van der Waals surface area contributed by atoms with Crippen LogP contribution in [-0.4, -0.2) is 108 Å². The van der Waals surface area contributed by atoms with Crippen molar-refractivity contribution in [2.75, 3.05) is 67.1 Å². The van der Waals surface area contributed by atoms with Crippen molar-refractivity contribution in [2.24, 2.45) is 10.8 Å². The van der Waals surface area contributed by atoms with Crippen LogP contribution < -0.4 is 0 Å². The average Bonchev–Trinajstić information content (AvgIpc) is 3.69. The van der Waals surface area contributed by atoms with E-state index in [0.29, 0.717) is 85.6 Å². The van der Waals surface area contributed by atoms with E-state index in [9.17, 15) is 4.79 Å². The maximum Gasteiger partial charge on any atom is 0.303 e. The van der Waals surface area contributed by atoms with Crippen molar-refractivity contribution < 1.29 is 38.3 Å². The molecule has 1 unspecified atom stereocenters. The van der Waals surface area contributed by atoms with E-state index in [1.165, 1.54) is 0 Å². The Bertz CT molecular complexity index is 1050. The van der Waals surface area contributed by atoms with Crippen LogP contribution in [0.4, 0.5) is 0 Å². The molecule has 0 radical (unpaired) electrons. The number of hydrogen-bond acceptors (Lipinski definition) is 11. The molecule has 0 fully saturated rings. The minimum atomic E-state index is -0.755. The van der Waals surface area contributed by atoms with Gasteiger partial charge in [0.1, 0.15) is 11.4 Å². The highest BCUT2D eigenvalue weighted by Crippen LogP contribution is 2.30. The van der Waals surface area contributed by atoms with Gasteiger partial charge in [0.05, 0.1) is 85.0 Å². The maximum atomic E-state index is 10.6. The summed E-state index contributed by atoms with van der Waals surface area (Å²) in [6, 6.07) is 0. The second kappa shape index (κ2) is 22.1. The lowest BCUT2D eigenvalue weighted by atomic mass is 9.83. The highest BCUT2D eigenvalue weighted by atomic mass is 16.5. The van der Waals surface area contributed by atoms with Crippen LogP contribution >= 0.6 is 0 Å². The fourth-order valence-corrected chi connectivity index (χ4v) is 4.82. The Balaban J connectivity index is 1.78. The number of aliphatic carboxylic acids is 1. The molecular weight excluding hydrogens is 584 g/mol. The van der Waals surface area contributed by atoms with E-state index in [1.54, 1.807) is 23.6 Å². The average molecular weight is 641 g/mol. The van der Waals surface area contributed by atoms with Crippen LogP contribution in [0.15, 0.2) is 12.4 Å². The van der Waals surface area contributed by atoms with E-state index < -0.39 is 5.97 Å². The van der Waals surface area contributed by atoms with E-state index in [0.717, 1.165) is 43.5 Å². The smallest absolute Gasteiger partial charge is 0.303 e. The van der Waals surface area contributed by atoms with E-state index in [1.807, 2.05) is 12.4 Å². The molecule has 14 heteroatoms. The zero-order valence-corrected chi connectivity index (χ0v) is 28.1. The van der Waals surface area contributed by atoms with E-state index in [-0.39, 0.29) is 17.3 Å². The van der Waals surface area contributed by atoms with E-state index >= 15 is 0 Å². The number of hydrogen-bond donors (Lipinski definition) is 1. The van der Waals surface area contributed by atoms with Crippen molar-refractivity contribution in [3.63, 3.8) is 0 Å². The van der Waals surface area contributed by atoms with Crippen LogP contribution in [-0.2, 0) is 59.5 Å². The summed E-state index contributed by atoms with van der Waals surface area (Å²) in [5.74, 6) is -0.755. The summed E-state index contributed by atoms with van der Waals surface area (Å²) in [6.45, 7) is 12.8. The Kier molecular flexibility index (Phi) is 19.0. The summed E-state index contributed by atoms with van der Waals surface area (Å²) in [5, 5.41) is 25.5. The van der Waals surface area contributed by atoms with Crippen LogP contribution in [0, 0.1) is 10.8 Å². The van der Waals surface area contributed by atoms with Crippen LogP contribution in [0.1, 0.15) is 77.1 Å². The van der Waals surface area contributed by atoms with Gasteiger partial charge in [-0.05, 0) is 32.1 Å². The zero-order valence-electron chi connectivity index (χ0n) is 28.1. The van der Waals surface area contributed by atoms with Crippen LogP contribution in [0.25, 0.3) is 0 Å². The SMILES string of the molecule is CCC(CC)(COCc1cn(CCCCCC(=O)O)nn1)COCC(CC)(COC)COCc1cn(CCOCCOC)nn1. The standard InChI is InChI=1S/C31H56N6O8/c1-6-30(7-2,23-43-20-27-18-36(34-32-27)13-11-9-10-12-29(38)39)24-45-26-31(8-3,22-41-5)25-44-21-28-19-37(35-33-28)14-15-42-17-16-40-4/h18-19H,6-17,20-26H2,1-5H3,(H,38,39).